The van der Waals surface area contributed by atoms with Gasteiger partial charge >= 0.3 is 5.97 Å². The molecular weight excluding hydrogens is 240 g/mol. The molecule has 0 saturated carbocycles. The van der Waals surface area contributed by atoms with E-state index in [9.17, 15) is 4.79 Å². The molecule has 0 bridgehead atoms. The van der Waals surface area contributed by atoms with Crippen LogP contribution in [0.5, 0.6) is 0 Å². The fraction of sp³-hybridized carbons (Fsp3) is 0.467. The van der Waals surface area contributed by atoms with Gasteiger partial charge in [-0.05, 0) is 31.0 Å². The predicted molar refractivity (Wildman–Crippen MR) is 71.8 cm³/mol. The van der Waals surface area contributed by atoms with Crippen molar-refractivity contribution in [3.05, 3.63) is 29.8 Å². The zero-order valence-corrected chi connectivity index (χ0v) is 10.9. The van der Waals surface area contributed by atoms with Crippen LogP contribution >= 0.6 is 0 Å². The maximum Gasteiger partial charge on any atom is 0.328 e. The first-order chi connectivity index (χ1) is 9.24. The second-order valence-corrected chi connectivity index (χ2v) is 5.62. The van der Waals surface area contributed by atoms with Crippen LogP contribution in [0.3, 0.4) is 0 Å². The smallest absolute Gasteiger partial charge is 0.328 e. The van der Waals surface area contributed by atoms with Gasteiger partial charge in [0.2, 0.25) is 0 Å². The van der Waals surface area contributed by atoms with Gasteiger partial charge in [-0.25, -0.2) is 4.79 Å². The van der Waals surface area contributed by atoms with Crippen molar-refractivity contribution >= 4 is 17.9 Å². The summed E-state index contributed by atoms with van der Waals surface area (Å²) < 4.78 is 5.09. The average molecular weight is 256 g/mol. The normalized spacial score (nSPS) is 37.8. The van der Waals surface area contributed by atoms with E-state index in [1.807, 2.05) is 24.4 Å². The molecular formula is C15H16N2O2. The zero-order chi connectivity index (χ0) is 13.1. The minimum atomic E-state index is -0.504. The summed E-state index contributed by atoms with van der Waals surface area (Å²) in [7, 11) is 1.48. The molecule has 98 valence electrons. The number of para-hydroxylation sites is 1. The molecule has 3 atom stereocenters. The lowest BCUT2D eigenvalue weighted by Gasteiger charge is -2.38. The van der Waals surface area contributed by atoms with Gasteiger partial charge in [0.05, 0.1) is 18.2 Å². The lowest BCUT2D eigenvalue weighted by molar-refractivity contribution is -0.147. The SMILES string of the molecule is COC(=O)C12CN1CCCC21C=Nc2ccccc21. The first kappa shape index (κ1) is 11.2. The van der Waals surface area contributed by atoms with Gasteiger partial charge in [-0.2, -0.15) is 0 Å². The van der Waals surface area contributed by atoms with E-state index in [1.54, 1.807) is 0 Å². The molecule has 0 aliphatic carbocycles. The minimum absolute atomic E-state index is 0.115. The average Bonchev–Trinajstić information content (AvgIpc) is 3.11. The van der Waals surface area contributed by atoms with Crippen LogP contribution in [0, 0.1) is 0 Å². The van der Waals surface area contributed by atoms with Crippen LogP contribution in [-0.2, 0) is 14.9 Å². The Kier molecular flexibility index (Phi) is 2.03. The molecule has 4 rings (SSSR count). The van der Waals surface area contributed by atoms with E-state index in [1.165, 1.54) is 12.7 Å². The highest BCUT2D eigenvalue weighted by molar-refractivity contribution is 5.99. The summed E-state index contributed by atoms with van der Waals surface area (Å²) in [5.41, 5.74) is 1.40. The van der Waals surface area contributed by atoms with Crippen LogP contribution in [0.25, 0.3) is 0 Å². The number of methoxy groups -OCH3 is 1. The number of fused-ring (bicyclic) bond motifs is 4. The number of hydrogen-bond acceptors (Lipinski definition) is 4. The van der Waals surface area contributed by atoms with Gasteiger partial charge in [-0.3, -0.25) is 9.89 Å². The Morgan fingerprint density at radius 2 is 2.26 bits per heavy atom. The van der Waals surface area contributed by atoms with Crippen molar-refractivity contribution < 1.29 is 9.53 Å². The third-order valence-corrected chi connectivity index (χ3v) is 4.92. The third-order valence-electron chi connectivity index (χ3n) is 4.92. The summed E-state index contributed by atoms with van der Waals surface area (Å²) in [6.07, 6.45) is 4.06. The maximum absolute atomic E-state index is 12.4. The van der Waals surface area contributed by atoms with Crippen LogP contribution in [0.1, 0.15) is 18.4 Å². The second kappa shape index (κ2) is 3.45. The lowest BCUT2D eigenvalue weighted by atomic mass is 9.66. The van der Waals surface area contributed by atoms with Gasteiger partial charge in [-0.15, -0.1) is 0 Å². The van der Waals surface area contributed by atoms with Gasteiger partial charge in [0, 0.05) is 12.8 Å². The Morgan fingerprint density at radius 3 is 3.11 bits per heavy atom. The van der Waals surface area contributed by atoms with Gasteiger partial charge in [0.25, 0.3) is 0 Å². The molecule has 1 aromatic rings. The largest absolute Gasteiger partial charge is 0.468 e. The molecule has 0 amide bonds. The highest BCUT2D eigenvalue weighted by Crippen LogP contribution is 2.58. The molecule has 19 heavy (non-hydrogen) atoms. The quantitative estimate of drug-likeness (QED) is 0.567. The number of carbonyl (C=O) groups excluding carboxylic acids is 1. The Balaban J connectivity index is 1.91. The number of ether oxygens (including phenoxy) is 1. The van der Waals surface area contributed by atoms with Crippen LogP contribution in [0.2, 0.25) is 0 Å². The molecule has 3 aliphatic rings. The standard InChI is InChI=1S/C15H16N2O2/c1-19-13(18)15-10-17(15)8-4-7-14(15)9-16-12-6-3-2-5-11(12)14/h2-3,5-6,9H,4,7-8,10H2,1H3. The van der Waals surface area contributed by atoms with Gasteiger partial charge in [0.15, 0.2) is 0 Å². The van der Waals surface area contributed by atoms with Crippen molar-refractivity contribution in [2.45, 2.75) is 23.8 Å². The number of rotatable bonds is 1. The summed E-state index contributed by atoms with van der Waals surface area (Å²) >= 11 is 0. The number of carbonyl (C=O) groups is 1. The summed E-state index contributed by atoms with van der Waals surface area (Å²) in [5.74, 6) is -0.115. The van der Waals surface area contributed by atoms with Gasteiger partial charge < -0.3 is 4.74 Å². The number of nitrogens with zero attached hydrogens (tertiary/aromatic N) is 2. The van der Waals surface area contributed by atoms with Gasteiger partial charge in [-0.1, -0.05) is 18.2 Å². The number of aliphatic imine (C=N–C) groups is 1. The topological polar surface area (TPSA) is 41.7 Å². The van der Waals surface area contributed by atoms with E-state index in [0.717, 1.165) is 31.6 Å². The number of esters is 1. The van der Waals surface area contributed by atoms with Crippen LogP contribution < -0.4 is 0 Å². The maximum atomic E-state index is 12.4. The summed E-state index contributed by atoms with van der Waals surface area (Å²) in [4.78, 5) is 19.2. The van der Waals surface area contributed by atoms with Crippen molar-refractivity contribution in [3.8, 4) is 0 Å². The zero-order valence-electron chi connectivity index (χ0n) is 10.9. The van der Waals surface area contributed by atoms with E-state index >= 15 is 0 Å². The number of hydrogen-bond donors (Lipinski definition) is 0. The Hall–Kier alpha value is -1.68. The highest BCUT2D eigenvalue weighted by atomic mass is 16.5. The minimum Gasteiger partial charge on any atom is -0.468 e. The molecule has 3 aliphatic heterocycles. The number of benzene rings is 1. The van der Waals surface area contributed by atoms with Gasteiger partial charge in [0.1, 0.15) is 5.54 Å². The van der Waals surface area contributed by atoms with Crippen LogP contribution in [0.4, 0.5) is 5.69 Å². The molecule has 2 fully saturated rings. The molecule has 3 heterocycles. The van der Waals surface area contributed by atoms with E-state index in [0.29, 0.717) is 0 Å². The molecule has 1 aromatic carbocycles. The lowest BCUT2D eigenvalue weighted by Crippen LogP contribution is -2.54. The summed E-state index contributed by atoms with van der Waals surface area (Å²) in [5, 5.41) is 0. The van der Waals surface area contributed by atoms with E-state index in [2.05, 4.69) is 16.0 Å². The first-order valence-corrected chi connectivity index (χ1v) is 6.73. The third kappa shape index (κ3) is 1.13. The Labute approximate surface area is 112 Å². The molecule has 1 spiro atoms. The molecule has 2 saturated heterocycles. The van der Waals surface area contributed by atoms with Crippen molar-refractivity contribution in [1.29, 1.82) is 0 Å². The van der Waals surface area contributed by atoms with Crippen molar-refractivity contribution in [1.82, 2.24) is 4.90 Å². The molecule has 4 nitrogen and oxygen atoms in total. The predicted octanol–water partition coefficient (Wildman–Crippen LogP) is 1.66. The Bertz CT molecular complexity index is 598. The van der Waals surface area contributed by atoms with E-state index in [4.69, 9.17) is 4.74 Å². The highest BCUT2D eigenvalue weighted by Gasteiger charge is 2.73. The second-order valence-electron chi connectivity index (χ2n) is 5.62. The first-order valence-electron chi connectivity index (χ1n) is 6.73. The Morgan fingerprint density at radius 1 is 1.42 bits per heavy atom. The van der Waals surface area contributed by atoms with E-state index in [-0.39, 0.29) is 11.4 Å². The van der Waals surface area contributed by atoms with Crippen molar-refractivity contribution in [2.75, 3.05) is 20.2 Å². The molecule has 4 heteroatoms. The van der Waals surface area contributed by atoms with E-state index < -0.39 is 5.54 Å². The number of piperidine rings is 1. The van der Waals surface area contributed by atoms with Crippen molar-refractivity contribution in [2.24, 2.45) is 4.99 Å². The van der Waals surface area contributed by atoms with Crippen LogP contribution in [0.15, 0.2) is 29.3 Å². The summed E-state index contributed by atoms with van der Waals surface area (Å²) in [6.45, 7) is 1.77. The summed E-state index contributed by atoms with van der Waals surface area (Å²) in [6, 6.07) is 8.15. The van der Waals surface area contributed by atoms with Crippen molar-refractivity contribution in [3.63, 3.8) is 0 Å². The fourth-order valence-corrected chi connectivity index (χ4v) is 3.98. The molecule has 0 N–H and O–H groups in total. The molecule has 3 unspecified atom stereocenters. The van der Waals surface area contributed by atoms with Crippen LogP contribution in [-0.4, -0.2) is 42.8 Å². The monoisotopic (exact) mass is 256 g/mol. The molecule has 0 aromatic heterocycles. The molecule has 0 radical (unpaired) electrons. The fourth-order valence-electron chi connectivity index (χ4n) is 3.98.